The number of hydrogen-bond acceptors (Lipinski definition) is 7. The quantitative estimate of drug-likeness (QED) is 0.245. The molecule has 1 atom stereocenters. The van der Waals surface area contributed by atoms with E-state index in [9.17, 15) is 19.5 Å². The first-order valence-corrected chi connectivity index (χ1v) is 13.1. The van der Waals surface area contributed by atoms with E-state index in [1.54, 1.807) is 71.6 Å². The summed E-state index contributed by atoms with van der Waals surface area (Å²) in [6.07, 6.45) is -0.211. The minimum atomic E-state index is -1.16. The van der Waals surface area contributed by atoms with Gasteiger partial charge in [0.05, 0.1) is 31.1 Å². The van der Waals surface area contributed by atoms with Crippen LogP contribution < -0.4 is 24.4 Å². The zero-order chi connectivity index (χ0) is 28.5. The van der Waals surface area contributed by atoms with Crippen molar-refractivity contribution in [3.05, 3.63) is 77.3 Å². The van der Waals surface area contributed by atoms with Gasteiger partial charge in [-0.2, -0.15) is 0 Å². The number of para-hydroxylation sites is 1. The average molecular weight is 569 g/mol. The molecular formula is C29H29ClN2O8. The Morgan fingerprint density at radius 3 is 2.20 bits per heavy atom. The van der Waals surface area contributed by atoms with Gasteiger partial charge < -0.3 is 34.6 Å². The Bertz CT molecular complexity index is 1330. The van der Waals surface area contributed by atoms with Crippen molar-refractivity contribution in [2.75, 3.05) is 36.5 Å². The van der Waals surface area contributed by atoms with E-state index in [1.807, 2.05) is 0 Å². The van der Waals surface area contributed by atoms with Crippen LogP contribution in [0.3, 0.4) is 0 Å². The first-order valence-electron chi connectivity index (χ1n) is 12.7. The average Bonchev–Trinajstić information content (AvgIpc) is 2.94. The molecule has 0 saturated heterocycles. The number of carbonyl (C=O) groups excluding carboxylic acids is 1. The molecule has 210 valence electrons. The predicted octanol–water partition coefficient (Wildman–Crippen LogP) is 4.96. The Labute approximate surface area is 236 Å². The van der Waals surface area contributed by atoms with E-state index < -0.39 is 23.9 Å². The Hall–Kier alpha value is -4.44. The number of carboxylic acid groups (broad SMARTS) is 2. The van der Waals surface area contributed by atoms with E-state index in [1.165, 1.54) is 0 Å². The smallest absolute Gasteiger partial charge is 0.346 e. The molecule has 4 rings (SSSR count). The van der Waals surface area contributed by atoms with Gasteiger partial charge >= 0.3 is 11.9 Å². The fourth-order valence-electron chi connectivity index (χ4n) is 4.10. The summed E-state index contributed by atoms with van der Waals surface area (Å²) in [7, 11) is 0. The van der Waals surface area contributed by atoms with Gasteiger partial charge in [0.15, 0.2) is 5.75 Å². The van der Waals surface area contributed by atoms with Gasteiger partial charge in [-0.15, -0.1) is 0 Å². The molecule has 0 bridgehead atoms. The van der Waals surface area contributed by atoms with Gasteiger partial charge in [0.2, 0.25) is 6.10 Å². The lowest BCUT2D eigenvalue weighted by molar-refractivity contribution is -0.145. The summed E-state index contributed by atoms with van der Waals surface area (Å²) >= 11 is 5.86. The Morgan fingerprint density at radius 1 is 0.925 bits per heavy atom. The van der Waals surface area contributed by atoms with Crippen LogP contribution in [0.25, 0.3) is 0 Å². The minimum Gasteiger partial charge on any atom is -0.493 e. The molecule has 1 aliphatic heterocycles. The third kappa shape index (κ3) is 7.79. The molecular weight excluding hydrogens is 540 g/mol. The maximum Gasteiger partial charge on any atom is 0.346 e. The second-order valence-corrected chi connectivity index (χ2v) is 9.46. The van der Waals surface area contributed by atoms with Gasteiger partial charge in [-0.25, -0.2) is 4.79 Å². The van der Waals surface area contributed by atoms with Gasteiger partial charge in [0.1, 0.15) is 11.5 Å². The van der Waals surface area contributed by atoms with Crippen molar-refractivity contribution in [1.29, 1.82) is 0 Å². The molecule has 0 radical (unpaired) electrons. The lowest BCUT2D eigenvalue weighted by atomic mass is 10.1. The summed E-state index contributed by atoms with van der Waals surface area (Å²) < 4.78 is 17.1. The van der Waals surface area contributed by atoms with Gasteiger partial charge in [0, 0.05) is 30.0 Å². The van der Waals surface area contributed by atoms with E-state index in [-0.39, 0.29) is 18.7 Å². The highest BCUT2D eigenvalue weighted by Crippen LogP contribution is 2.40. The summed E-state index contributed by atoms with van der Waals surface area (Å²) in [5.74, 6) is -0.926. The molecule has 1 unspecified atom stereocenters. The van der Waals surface area contributed by atoms with Crippen molar-refractivity contribution in [1.82, 2.24) is 0 Å². The van der Waals surface area contributed by atoms with Crippen molar-refractivity contribution in [2.45, 2.75) is 25.4 Å². The molecule has 1 heterocycles. The largest absolute Gasteiger partial charge is 0.493 e. The minimum absolute atomic E-state index is 0.0439. The van der Waals surface area contributed by atoms with Crippen LogP contribution in [0.1, 0.15) is 29.6 Å². The van der Waals surface area contributed by atoms with Gasteiger partial charge in [0.25, 0.3) is 5.91 Å². The van der Waals surface area contributed by atoms with Gasteiger partial charge in [-0.3, -0.25) is 9.59 Å². The van der Waals surface area contributed by atoms with E-state index in [0.29, 0.717) is 60.3 Å². The highest BCUT2D eigenvalue weighted by atomic mass is 35.5. The van der Waals surface area contributed by atoms with Gasteiger partial charge in [-0.05, 0) is 67.1 Å². The monoisotopic (exact) mass is 568 g/mol. The van der Waals surface area contributed by atoms with Crippen LogP contribution in [0.4, 0.5) is 11.4 Å². The maximum atomic E-state index is 13.0. The number of rotatable bonds is 13. The summed E-state index contributed by atoms with van der Waals surface area (Å²) in [6, 6.07) is 18.8. The fourth-order valence-corrected chi connectivity index (χ4v) is 4.23. The summed E-state index contributed by atoms with van der Waals surface area (Å²) in [5, 5.41) is 22.0. The third-order valence-electron chi connectivity index (χ3n) is 6.08. The van der Waals surface area contributed by atoms with E-state index in [4.69, 9.17) is 30.9 Å². The summed E-state index contributed by atoms with van der Waals surface area (Å²) in [5.41, 5.74) is 1.28. The number of nitrogens with one attached hydrogen (secondary N) is 1. The number of carboxylic acids is 2. The van der Waals surface area contributed by atoms with Crippen LogP contribution in [0.2, 0.25) is 5.02 Å². The van der Waals surface area contributed by atoms with E-state index in [0.717, 1.165) is 5.75 Å². The number of carbonyl (C=O) groups is 3. The number of halogens is 1. The second kappa shape index (κ2) is 13.6. The van der Waals surface area contributed by atoms with Crippen LogP contribution in [0.5, 0.6) is 17.2 Å². The molecule has 10 nitrogen and oxygen atoms in total. The number of anilines is 2. The lowest BCUT2D eigenvalue weighted by Gasteiger charge is -2.35. The maximum absolute atomic E-state index is 13.0. The summed E-state index contributed by atoms with van der Waals surface area (Å²) in [6.45, 7) is 1.30. The zero-order valence-corrected chi connectivity index (χ0v) is 22.3. The summed E-state index contributed by atoms with van der Waals surface area (Å²) in [4.78, 5) is 37.4. The second-order valence-electron chi connectivity index (χ2n) is 9.02. The van der Waals surface area contributed by atoms with Crippen molar-refractivity contribution >= 4 is 40.8 Å². The number of nitrogens with zero attached hydrogens (tertiary/aromatic N) is 1. The van der Waals surface area contributed by atoms with Crippen molar-refractivity contribution < 1.29 is 38.8 Å². The first kappa shape index (κ1) is 28.6. The molecule has 0 fully saturated rings. The Kier molecular flexibility index (Phi) is 9.69. The number of benzene rings is 3. The highest BCUT2D eigenvalue weighted by molar-refractivity contribution is 6.30. The number of amides is 1. The van der Waals surface area contributed by atoms with Crippen LogP contribution in [0.15, 0.2) is 66.7 Å². The molecule has 0 saturated carbocycles. The molecule has 3 aromatic carbocycles. The van der Waals surface area contributed by atoms with Crippen molar-refractivity contribution in [3.63, 3.8) is 0 Å². The molecule has 1 amide bonds. The van der Waals surface area contributed by atoms with E-state index >= 15 is 0 Å². The van der Waals surface area contributed by atoms with Crippen molar-refractivity contribution in [2.24, 2.45) is 0 Å². The number of aliphatic carboxylic acids is 2. The Balaban J connectivity index is 1.33. The molecule has 1 aliphatic rings. The topological polar surface area (TPSA) is 135 Å². The van der Waals surface area contributed by atoms with Crippen LogP contribution >= 0.6 is 11.6 Å². The van der Waals surface area contributed by atoms with Gasteiger partial charge in [-0.1, -0.05) is 17.7 Å². The number of ether oxygens (including phenoxy) is 3. The molecule has 3 N–H and O–H groups in total. The Morgan fingerprint density at radius 2 is 1.57 bits per heavy atom. The molecule has 0 aromatic heterocycles. The van der Waals surface area contributed by atoms with Crippen LogP contribution in [-0.2, 0) is 9.59 Å². The van der Waals surface area contributed by atoms with Crippen LogP contribution in [-0.4, -0.2) is 60.5 Å². The lowest BCUT2D eigenvalue weighted by Crippen LogP contribution is -2.45. The molecule has 3 aromatic rings. The first-order chi connectivity index (χ1) is 19.3. The fraction of sp³-hybridized carbons (Fsp3) is 0.276. The van der Waals surface area contributed by atoms with E-state index in [2.05, 4.69) is 5.32 Å². The number of hydrogen-bond donors (Lipinski definition) is 3. The molecule has 0 aliphatic carbocycles. The predicted molar refractivity (Wildman–Crippen MR) is 149 cm³/mol. The SMILES string of the molecule is O=C(O)CCCN1CC(C(=O)O)Oc2c(NC(=O)c3ccc(OCCCOc4ccc(Cl)cc4)cc3)cccc21. The van der Waals surface area contributed by atoms with Crippen LogP contribution in [0, 0.1) is 0 Å². The molecule has 11 heteroatoms. The zero-order valence-electron chi connectivity index (χ0n) is 21.5. The van der Waals surface area contributed by atoms with Crippen molar-refractivity contribution in [3.8, 4) is 17.2 Å². The third-order valence-corrected chi connectivity index (χ3v) is 6.33. The standard InChI is InChI=1S/C29H29ClN2O8/c30-20-9-13-22(14-10-20)39-17-3-16-38-21-11-7-19(8-12-21)28(35)31-23-4-1-5-24-27(23)40-25(29(36)37)18-32(24)15-2-6-26(33)34/h1,4-5,7-14,25H,2-3,6,15-18H2,(H,31,35)(H,33,34)(H,36,37). The number of fused-ring (bicyclic) bond motifs is 1. The molecule has 0 spiro atoms. The molecule has 40 heavy (non-hydrogen) atoms. The highest BCUT2D eigenvalue weighted by Gasteiger charge is 2.32. The normalized spacial score (nSPS) is 14.0.